The first kappa shape index (κ1) is 17.6. The van der Waals surface area contributed by atoms with Crippen LogP contribution in [0.25, 0.3) is 0 Å². The molecule has 23 heavy (non-hydrogen) atoms. The van der Waals surface area contributed by atoms with Crippen LogP contribution in [0.1, 0.15) is 41.9 Å². The molecule has 0 atom stereocenters. The minimum Gasteiger partial charge on any atom is -0.441 e. The molecule has 2 amide bonds. The van der Waals surface area contributed by atoms with Crippen molar-refractivity contribution in [2.45, 2.75) is 38.3 Å². The van der Waals surface area contributed by atoms with E-state index >= 15 is 0 Å². The maximum Gasteiger partial charge on any atom is 0.407 e. The second kappa shape index (κ2) is 7.18. The predicted octanol–water partition coefficient (Wildman–Crippen LogP) is 0.954. The number of amides is 2. The van der Waals surface area contributed by atoms with E-state index in [0.29, 0.717) is 5.41 Å². The number of ether oxygens (including phenoxy) is 1. The highest BCUT2D eigenvalue weighted by Gasteiger charge is 2.45. The zero-order chi connectivity index (χ0) is 15.6. The molecule has 8 nitrogen and oxygen atoms in total. The van der Waals surface area contributed by atoms with Crippen molar-refractivity contribution in [3.63, 3.8) is 0 Å². The van der Waals surface area contributed by atoms with Crippen LogP contribution in [0, 0.1) is 5.41 Å². The maximum absolute atomic E-state index is 11.7. The van der Waals surface area contributed by atoms with E-state index in [1.54, 1.807) is 0 Å². The fourth-order valence-electron chi connectivity index (χ4n) is 3.30. The molecule has 0 aromatic carbocycles. The summed E-state index contributed by atoms with van der Waals surface area (Å²) in [6.07, 6.45) is 3.89. The van der Waals surface area contributed by atoms with Gasteiger partial charge in [0.15, 0.2) is 18.1 Å². The van der Waals surface area contributed by atoms with Gasteiger partial charge < -0.3 is 25.6 Å². The van der Waals surface area contributed by atoms with Gasteiger partial charge in [0.25, 0.3) is 5.91 Å². The van der Waals surface area contributed by atoms with Crippen LogP contribution in [0.15, 0.2) is 10.6 Å². The van der Waals surface area contributed by atoms with Crippen LogP contribution >= 0.6 is 12.4 Å². The van der Waals surface area contributed by atoms with Crippen LogP contribution in [-0.4, -0.2) is 36.3 Å². The van der Waals surface area contributed by atoms with Crippen LogP contribution in [0.2, 0.25) is 0 Å². The zero-order valence-corrected chi connectivity index (χ0v) is 13.5. The molecule has 2 fully saturated rings. The van der Waals surface area contributed by atoms with E-state index in [1.807, 2.05) is 0 Å². The number of rotatable bonds is 4. The Morgan fingerprint density at radius 3 is 2.74 bits per heavy atom. The molecule has 4 N–H and O–H groups in total. The number of nitrogens with one attached hydrogen (secondary N) is 2. The summed E-state index contributed by atoms with van der Waals surface area (Å²) in [6, 6.07) is 1.55. The molecule has 1 spiro atoms. The molecular formula is C14H21ClN4O4. The van der Waals surface area contributed by atoms with Gasteiger partial charge in [-0.1, -0.05) is 5.16 Å². The second-order valence-electron chi connectivity index (χ2n) is 6.12. The van der Waals surface area contributed by atoms with Gasteiger partial charge in [0, 0.05) is 12.1 Å². The summed E-state index contributed by atoms with van der Waals surface area (Å²) in [5, 5.41) is 9.68. The van der Waals surface area contributed by atoms with E-state index < -0.39 is 12.0 Å². The number of hydrogen-bond acceptors (Lipinski definition) is 6. The molecule has 1 aromatic heterocycles. The molecule has 9 heteroatoms. The lowest BCUT2D eigenvalue weighted by Crippen LogP contribution is -2.54. The number of alkyl carbamates (subject to hydrolysis) is 1. The fourth-order valence-corrected chi connectivity index (χ4v) is 3.30. The summed E-state index contributed by atoms with van der Waals surface area (Å²) in [6.45, 7) is 2.05. The van der Waals surface area contributed by atoms with Crippen molar-refractivity contribution in [3.05, 3.63) is 17.5 Å². The number of nitrogens with zero attached hydrogens (tertiary/aromatic N) is 1. The van der Waals surface area contributed by atoms with Crippen LogP contribution < -0.4 is 16.4 Å². The van der Waals surface area contributed by atoms with Crippen LogP contribution in [0.5, 0.6) is 0 Å². The molecule has 1 aliphatic heterocycles. The van der Waals surface area contributed by atoms with Gasteiger partial charge in [0.05, 0.1) is 0 Å². The number of carbonyl (C=O) groups is 2. The maximum atomic E-state index is 11.7. The third kappa shape index (κ3) is 4.14. The van der Waals surface area contributed by atoms with E-state index in [-0.39, 0.29) is 36.5 Å². The lowest BCUT2D eigenvalue weighted by Gasteiger charge is -2.50. The van der Waals surface area contributed by atoms with Crippen LogP contribution in [0.4, 0.5) is 4.79 Å². The highest BCUT2D eigenvalue weighted by molar-refractivity contribution is 5.90. The summed E-state index contributed by atoms with van der Waals surface area (Å²) in [4.78, 5) is 22.6. The fraction of sp³-hybridized carbons (Fsp3) is 0.643. The van der Waals surface area contributed by atoms with E-state index in [0.717, 1.165) is 25.9 Å². The molecule has 2 aliphatic rings. The number of halogens is 1. The standard InChI is InChI=1S/C14H20N4O4.ClH/c15-12(19)11-5-10(22-18-11)8-21-13(20)17-9-6-14(7-9)1-3-16-4-2-14;/h5,9,16H,1-4,6-8H2,(H2,15,19)(H,17,20);1H. The molecule has 1 aromatic rings. The smallest absolute Gasteiger partial charge is 0.407 e. The zero-order valence-electron chi connectivity index (χ0n) is 12.7. The Bertz CT molecular complexity index is 563. The average Bonchev–Trinajstić information content (AvgIpc) is 2.94. The Kier molecular flexibility index (Phi) is 5.48. The van der Waals surface area contributed by atoms with Gasteiger partial charge in [-0.25, -0.2) is 4.79 Å². The van der Waals surface area contributed by atoms with E-state index in [9.17, 15) is 9.59 Å². The van der Waals surface area contributed by atoms with Gasteiger partial charge in [-0.15, -0.1) is 12.4 Å². The summed E-state index contributed by atoms with van der Waals surface area (Å²) in [5.74, 6) is -0.395. The monoisotopic (exact) mass is 344 g/mol. The third-order valence-corrected chi connectivity index (χ3v) is 4.50. The first-order valence-corrected chi connectivity index (χ1v) is 7.46. The van der Waals surface area contributed by atoms with Crippen molar-refractivity contribution in [2.75, 3.05) is 13.1 Å². The summed E-state index contributed by atoms with van der Waals surface area (Å²) in [5.41, 5.74) is 5.48. The first-order chi connectivity index (χ1) is 10.6. The minimum atomic E-state index is -0.679. The number of carbonyl (C=O) groups excluding carboxylic acids is 2. The SMILES string of the molecule is Cl.NC(=O)c1cc(COC(=O)NC2CC3(CCNCC3)C2)on1. The molecule has 1 saturated heterocycles. The van der Waals surface area contributed by atoms with Gasteiger partial charge in [-0.3, -0.25) is 4.79 Å². The minimum absolute atomic E-state index is 0. The van der Waals surface area contributed by atoms with Crippen molar-refractivity contribution < 1.29 is 18.8 Å². The Labute approximate surface area is 139 Å². The third-order valence-electron chi connectivity index (χ3n) is 4.50. The molecule has 0 radical (unpaired) electrons. The normalized spacial score (nSPS) is 19.5. The number of aromatic nitrogens is 1. The Morgan fingerprint density at radius 1 is 1.43 bits per heavy atom. The molecule has 2 heterocycles. The van der Waals surface area contributed by atoms with Gasteiger partial charge in [0.1, 0.15) is 0 Å². The van der Waals surface area contributed by atoms with Gasteiger partial charge >= 0.3 is 6.09 Å². The van der Waals surface area contributed by atoms with Gasteiger partial charge in [0.2, 0.25) is 0 Å². The summed E-state index contributed by atoms with van der Waals surface area (Å²) >= 11 is 0. The number of piperidine rings is 1. The average molecular weight is 345 g/mol. The number of hydrogen-bond donors (Lipinski definition) is 3. The first-order valence-electron chi connectivity index (χ1n) is 7.46. The van der Waals surface area contributed by atoms with Gasteiger partial charge in [-0.05, 0) is 44.2 Å². The molecule has 1 saturated carbocycles. The van der Waals surface area contributed by atoms with E-state index in [2.05, 4.69) is 15.8 Å². The number of nitrogens with two attached hydrogens (primary N) is 1. The molecule has 1 aliphatic carbocycles. The van der Waals surface area contributed by atoms with Crippen molar-refractivity contribution in [1.82, 2.24) is 15.8 Å². The van der Waals surface area contributed by atoms with Crippen molar-refractivity contribution >= 4 is 24.4 Å². The molecule has 3 rings (SSSR count). The highest BCUT2D eigenvalue weighted by Crippen LogP contribution is 2.47. The Hall–Kier alpha value is -1.80. The van der Waals surface area contributed by atoms with Crippen LogP contribution in [-0.2, 0) is 11.3 Å². The van der Waals surface area contributed by atoms with Crippen LogP contribution in [0.3, 0.4) is 0 Å². The van der Waals surface area contributed by atoms with Crippen molar-refractivity contribution in [3.8, 4) is 0 Å². The van der Waals surface area contributed by atoms with E-state index in [4.69, 9.17) is 15.0 Å². The highest BCUT2D eigenvalue weighted by atomic mass is 35.5. The molecule has 0 bridgehead atoms. The molecule has 128 valence electrons. The molecule has 0 unspecified atom stereocenters. The second-order valence-corrected chi connectivity index (χ2v) is 6.12. The van der Waals surface area contributed by atoms with Gasteiger partial charge in [-0.2, -0.15) is 0 Å². The van der Waals surface area contributed by atoms with Crippen molar-refractivity contribution in [2.24, 2.45) is 11.1 Å². The van der Waals surface area contributed by atoms with E-state index in [1.165, 1.54) is 18.9 Å². The predicted molar refractivity (Wildman–Crippen MR) is 83.1 cm³/mol. The summed E-state index contributed by atoms with van der Waals surface area (Å²) < 4.78 is 9.90. The quantitative estimate of drug-likeness (QED) is 0.748. The topological polar surface area (TPSA) is 119 Å². The molecular weight excluding hydrogens is 324 g/mol. The lowest BCUT2D eigenvalue weighted by atomic mass is 9.61. The Morgan fingerprint density at radius 2 is 2.13 bits per heavy atom. The Balaban J connectivity index is 0.00000192. The summed E-state index contributed by atoms with van der Waals surface area (Å²) in [7, 11) is 0. The van der Waals surface area contributed by atoms with Crippen molar-refractivity contribution in [1.29, 1.82) is 0 Å². The largest absolute Gasteiger partial charge is 0.441 e. The number of primary amides is 1. The lowest BCUT2D eigenvalue weighted by molar-refractivity contribution is 0.0402.